The van der Waals surface area contributed by atoms with Crippen molar-refractivity contribution in [2.45, 2.75) is 18.9 Å². The Kier molecular flexibility index (Phi) is 3.86. The molecule has 1 atom stereocenters. The van der Waals surface area contributed by atoms with Crippen LogP contribution in [0.15, 0.2) is 41.9 Å². The van der Waals surface area contributed by atoms with Gasteiger partial charge >= 0.3 is 0 Å². The molecule has 1 unspecified atom stereocenters. The summed E-state index contributed by atoms with van der Waals surface area (Å²) in [5, 5.41) is 9.65. The Morgan fingerprint density at radius 3 is 3.00 bits per heavy atom. The first-order valence-electron chi connectivity index (χ1n) is 7.44. The van der Waals surface area contributed by atoms with Crippen LogP contribution in [0.4, 0.5) is 10.2 Å². The normalized spacial score (nSPS) is 16.8. The van der Waals surface area contributed by atoms with Gasteiger partial charge in [-0.15, -0.1) is 11.3 Å². The molecule has 1 aliphatic rings. The monoisotopic (exact) mass is 361 g/mol. The lowest BCUT2D eigenvalue weighted by atomic mass is 9.87. The molecule has 0 fully saturated rings. The van der Waals surface area contributed by atoms with Crippen molar-refractivity contribution >= 4 is 34.7 Å². The molecule has 4 rings (SSSR count). The fourth-order valence-electron chi connectivity index (χ4n) is 3.00. The Morgan fingerprint density at radius 2 is 2.25 bits per heavy atom. The number of halogens is 2. The lowest BCUT2D eigenvalue weighted by molar-refractivity contribution is -0.116. The van der Waals surface area contributed by atoms with Crippen LogP contribution in [-0.2, 0) is 11.3 Å². The summed E-state index contributed by atoms with van der Waals surface area (Å²) in [4.78, 5) is 13.3. The van der Waals surface area contributed by atoms with Gasteiger partial charge in [0.2, 0.25) is 5.91 Å². The maximum absolute atomic E-state index is 13.3. The number of carbonyl (C=O) groups is 1. The molecule has 3 heterocycles. The second-order valence-electron chi connectivity index (χ2n) is 5.66. The first-order valence-corrected chi connectivity index (χ1v) is 8.70. The zero-order chi connectivity index (χ0) is 16.7. The molecule has 1 N–H and O–H groups in total. The van der Waals surface area contributed by atoms with Gasteiger partial charge in [0.15, 0.2) is 0 Å². The minimum Gasteiger partial charge on any atom is -0.311 e. The van der Waals surface area contributed by atoms with Gasteiger partial charge in [-0.25, -0.2) is 9.07 Å². The van der Waals surface area contributed by atoms with Gasteiger partial charge in [0.1, 0.15) is 11.6 Å². The number of anilines is 1. The number of nitrogens with one attached hydrogen (secondary N) is 1. The topological polar surface area (TPSA) is 46.9 Å². The maximum Gasteiger partial charge on any atom is 0.226 e. The average molecular weight is 362 g/mol. The van der Waals surface area contributed by atoms with Crippen molar-refractivity contribution in [2.24, 2.45) is 0 Å². The third-order valence-electron chi connectivity index (χ3n) is 4.11. The molecule has 0 saturated carbocycles. The van der Waals surface area contributed by atoms with Gasteiger partial charge in [-0.05, 0) is 29.1 Å². The van der Waals surface area contributed by atoms with E-state index in [-0.39, 0.29) is 18.2 Å². The molecule has 0 spiro atoms. The highest BCUT2D eigenvalue weighted by molar-refractivity contribution is 7.09. The van der Waals surface area contributed by atoms with E-state index in [4.69, 9.17) is 11.6 Å². The van der Waals surface area contributed by atoms with Crippen molar-refractivity contribution in [1.82, 2.24) is 9.78 Å². The van der Waals surface area contributed by atoms with Crippen molar-refractivity contribution in [1.29, 1.82) is 0 Å². The molecular weight excluding hydrogens is 349 g/mol. The molecule has 4 nitrogen and oxygen atoms in total. The molecule has 1 aliphatic heterocycles. The number of aromatic nitrogens is 2. The fourth-order valence-corrected chi connectivity index (χ4v) is 3.99. The Bertz CT molecular complexity index is 907. The average Bonchev–Trinajstić information content (AvgIpc) is 3.18. The van der Waals surface area contributed by atoms with Gasteiger partial charge < -0.3 is 5.32 Å². The predicted molar refractivity (Wildman–Crippen MR) is 92.1 cm³/mol. The summed E-state index contributed by atoms with van der Waals surface area (Å²) in [5.74, 6) is -0.0255. The Hall–Kier alpha value is -2.18. The van der Waals surface area contributed by atoms with Gasteiger partial charge in [0.05, 0.1) is 12.7 Å². The number of thiophene rings is 1. The summed E-state index contributed by atoms with van der Waals surface area (Å²) < 4.78 is 15.1. The van der Waals surface area contributed by atoms with Crippen LogP contribution in [0.3, 0.4) is 0 Å². The number of fused-ring (bicyclic) bond motifs is 1. The predicted octanol–water partition coefficient (Wildman–Crippen LogP) is 4.26. The van der Waals surface area contributed by atoms with E-state index in [1.807, 2.05) is 17.5 Å². The van der Waals surface area contributed by atoms with E-state index >= 15 is 0 Å². The molecular formula is C17H13ClFN3OS. The maximum atomic E-state index is 13.3. The SMILES string of the molecule is O=C1CC(c2ccc(F)cc2Cl)c2cnn(Cc3cccs3)c2N1. The summed E-state index contributed by atoms with van der Waals surface area (Å²) in [6.07, 6.45) is 2.02. The van der Waals surface area contributed by atoms with Gasteiger partial charge in [0.25, 0.3) is 0 Å². The lowest BCUT2D eigenvalue weighted by Crippen LogP contribution is -2.25. The van der Waals surface area contributed by atoms with Crippen LogP contribution < -0.4 is 5.32 Å². The van der Waals surface area contributed by atoms with Crippen molar-refractivity contribution < 1.29 is 9.18 Å². The molecule has 1 aromatic carbocycles. The first-order chi connectivity index (χ1) is 11.6. The van der Waals surface area contributed by atoms with E-state index in [1.54, 1.807) is 28.3 Å². The third kappa shape index (κ3) is 2.72. The molecule has 0 saturated heterocycles. The highest BCUT2D eigenvalue weighted by Crippen LogP contribution is 2.40. The fraction of sp³-hybridized carbons (Fsp3) is 0.176. The number of hydrogen-bond donors (Lipinski definition) is 1. The van der Waals surface area contributed by atoms with E-state index in [9.17, 15) is 9.18 Å². The number of benzene rings is 1. The molecule has 122 valence electrons. The van der Waals surface area contributed by atoms with Gasteiger partial charge in [-0.1, -0.05) is 23.7 Å². The quantitative estimate of drug-likeness (QED) is 0.757. The lowest BCUT2D eigenvalue weighted by Gasteiger charge is -2.24. The number of carbonyl (C=O) groups excluding carboxylic acids is 1. The minimum absolute atomic E-state index is 0.0965. The number of nitrogens with zero attached hydrogens (tertiary/aromatic N) is 2. The molecule has 2 aromatic heterocycles. The van der Waals surface area contributed by atoms with Crippen molar-refractivity contribution in [3.05, 3.63) is 68.8 Å². The van der Waals surface area contributed by atoms with E-state index in [0.717, 1.165) is 16.0 Å². The van der Waals surface area contributed by atoms with Gasteiger partial charge in [-0.3, -0.25) is 4.79 Å². The number of rotatable bonds is 3. The summed E-state index contributed by atoms with van der Waals surface area (Å²) in [6, 6.07) is 8.29. The highest BCUT2D eigenvalue weighted by Gasteiger charge is 2.31. The molecule has 0 radical (unpaired) electrons. The van der Waals surface area contributed by atoms with Crippen LogP contribution in [0, 0.1) is 5.82 Å². The molecule has 3 aromatic rings. The molecule has 0 aliphatic carbocycles. The summed E-state index contributed by atoms with van der Waals surface area (Å²) in [7, 11) is 0. The first kappa shape index (κ1) is 15.4. The van der Waals surface area contributed by atoms with Crippen LogP contribution >= 0.6 is 22.9 Å². The van der Waals surface area contributed by atoms with Crippen LogP contribution in [-0.4, -0.2) is 15.7 Å². The van der Waals surface area contributed by atoms with Crippen molar-refractivity contribution in [2.75, 3.05) is 5.32 Å². The summed E-state index contributed by atoms with van der Waals surface area (Å²) in [6.45, 7) is 0.594. The number of hydrogen-bond acceptors (Lipinski definition) is 3. The standard InChI is InChI=1S/C17H13ClFN3OS/c18-15-6-10(19)3-4-12(15)13-7-16(23)21-17-14(13)8-20-22(17)9-11-2-1-5-24-11/h1-6,8,13H,7,9H2,(H,21,23). The second-order valence-corrected chi connectivity index (χ2v) is 7.10. The van der Waals surface area contributed by atoms with E-state index in [0.29, 0.717) is 17.4 Å². The summed E-state index contributed by atoms with van der Waals surface area (Å²) in [5.41, 5.74) is 1.64. The van der Waals surface area contributed by atoms with Crippen molar-refractivity contribution in [3.8, 4) is 0 Å². The number of amides is 1. The van der Waals surface area contributed by atoms with Crippen LogP contribution in [0.2, 0.25) is 5.02 Å². The van der Waals surface area contributed by atoms with E-state index in [2.05, 4.69) is 10.4 Å². The van der Waals surface area contributed by atoms with Crippen LogP contribution in [0.25, 0.3) is 0 Å². The van der Waals surface area contributed by atoms with Crippen LogP contribution in [0.1, 0.15) is 28.3 Å². The van der Waals surface area contributed by atoms with E-state index < -0.39 is 5.82 Å². The molecule has 24 heavy (non-hydrogen) atoms. The Balaban J connectivity index is 1.75. The van der Waals surface area contributed by atoms with Crippen LogP contribution in [0.5, 0.6) is 0 Å². The zero-order valence-corrected chi connectivity index (χ0v) is 14.1. The second kappa shape index (κ2) is 6.03. The largest absolute Gasteiger partial charge is 0.311 e. The molecule has 7 heteroatoms. The smallest absolute Gasteiger partial charge is 0.226 e. The molecule has 0 bridgehead atoms. The molecule has 1 amide bonds. The third-order valence-corrected chi connectivity index (χ3v) is 5.30. The van der Waals surface area contributed by atoms with Gasteiger partial charge in [-0.2, -0.15) is 5.10 Å². The minimum atomic E-state index is -0.391. The van der Waals surface area contributed by atoms with Crippen molar-refractivity contribution in [3.63, 3.8) is 0 Å². The Morgan fingerprint density at radius 1 is 1.38 bits per heavy atom. The highest BCUT2D eigenvalue weighted by atomic mass is 35.5. The van der Waals surface area contributed by atoms with Gasteiger partial charge in [0, 0.05) is 27.8 Å². The van der Waals surface area contributed by atoms with E-state index in [1.165, 1.54) is 12.1 Å². The Labute approximate surface area is 146 Å². The summed E-state index contributed by atoms with van der Waals surface area (Å²) >= 11 is 7.84. The zero-order valence-electron chi connectivity index (χ0n) is 12.5.